The zero-order chi connectivity index (χ0) is 13.2. The number of anilines is 1. The summed E-state index contributed by atoms with van der Waals surface area (Å²) >= 11 is 0. The maximum Gasteiger partial charge on any atom is 0.224 e. The van der Waals surface area contributed by atoms with Crippen LogP contribution in [0.4, 0.5) is 5.95 Å². The second kappa shape index (κ2) is 5.14. The first-order chi connectivity index (χ1) is 9.28. The summed E-state index contributed by atoms with van der Waals surface area (Å²) in [5.74, 6) is 0.549. The SMILES string of the molecule is C[C@@H](CO)Nc1ncc2ccn([C@@H]3CCOC3)c2n1. The van der Waals surface area contributed by atoms with Crippen LogP contribution in [0.2, 0.25) is 0 Å². The van der Waals surface area contributed by atoms with Crippen molar-refractivity contribution in [3.8, 4) is 0 Å². The van der Waals surface area contributed by atoms with Crippen molar-refractivity contribution in [1.29, 1.82) is 0 Å². The molecule has 0 aromatic carbocycles. The molecule has 1 saturated heterocycles. The first-order valence-electron chi connectivity index (χ1n) is 6.56. The van der Waals surface area contributed by atoms with Gasteiger partial charge in [0.1, 0.15) is 5.65 Å². The van der Waals surface area contributed by atoms with E-state index >= 15 is 0 Å². The van der Waals surface area contributed by atoms with Gasteiger partial charge >= 0.3 is 0 Å². The van der Waals surface area contributed by atoms with Gasteiger partial charge in [0, 0.05) is 30.4 Å². The lowest BCUT2D eigenvalue weighted by Gasteiger charge is -2.13. The molecule has 1 aliphatic rings. The van der Waals surface area contributed by atoms with Crippen LogP contribution in [0.1, 0.15) is 19.4 Å². The highest BCUT2D eigenvalue weighted by molar-refractivity contribution is 5.76. The minimum atomic E-state index is -0.0596. The summed E-state index contributed by atoms with van der Waals surface area (Å²) in [6, 6.07) is 2.32. The lowest BCUT2D eigenvalue weighted by atomic mass is 10.2. The third-order valence-electron chi connectivity index (χ3n) is 3.40. The zero-order valence-corrected chi connectivity index (χ0v) is 10.9. The molecule has 19 heavy (non-hydrogen) atoms. The van der Waals surface area contributed by atoms with E-state index in [-0.39, 0.29) is 12.6 Å². The number of nitrogens with one attached hydrogen (secondary N) is 1. The quantitative estimate of drug-likeness (QED) is 0.866. The van der Waals surface area contributed by atoms with Crippen LogP contribution in [-0.4, -0.2) is 45.5 Å². The van der Waals surface area contributed by atoms with Crippen LogP contribution in [0.25, 0.3) is 11.0 Å². The van der Waals surface area contributed by atoms with Crippen LogP contribution in [0, 0.1) is 0 Å². The van der Waals surface area contributed by atoms with Crippen molar-refractivity contribution in [3.05, 3.63) is 18.5 Å². The van der Waals surface area contributed by atoms with Gasteiger partial charge in [0.2, 0.25) is 5.95 Å². The fourth-order valence-electron chi connectivity index (χ4n) is 2.31. The van der Waals surface area contributed by atoms with Crippen LogP contribution in [0.3, 0.4) is 0 Å². The Morgan fingerprint density at radius 3 is 3.26 bits per heavy atom. The molecule has 2 N–H and O–H groups in total. The molecule has 0 radical (unpaired) electrons. The Labute approximate surface area is 111 Å². The van der Waals surface area contributed by atoms with E-state index in [4.69, 9.17) is 9.84 Å². The number of fused-ring (bicyclic) bond motifs is 1. The van der Waals surface area contributed by atoms with Crippen LogP contribution in [-0.2, 0) is 4.74 Å². The van der Waals surface area contributed by atoms with Crippen molar-refractivity contribution < 1.29 is 9.84 Å². The van der Waals surface area contributed by atoms with E-state index in [9.17, 15) is 0 Å². The van der Waals surface area contributed by atoms with Crippen molar-refractivity contribution in [3.63, 3.8) is 0 Å². The molecule has 0 amide bonds. The number of aromatic nitrogens is 3. The minimum absolute atomic E-state index is 0.0544. The third-order valence-corrected chi connectivity index (χ3v) is 3.40. The zero-order valence-electron chi connectivity index (χ0n) is 10.9. The molecule has 0 unspecified atom stereocenters. The van der Waals surface area contributed by atoms with E-state index in [1.54, 1.807) is 6.20 Å². The summed E-state index contributed by atoms with van der Waals surface area (Å²) in [4.78, 5) is 8.80. The average Bonchev–Trinajstić information content (AvgIpc) is 3.06. The summed E-state index contributed by atoms with van der Waals surface area (Å²) in [5, 5.41) is 13.2. The summed E-state index contributed by atoms with van der Waals surface area (Å²) < 4.78 is 7.58. The fourth-order valence-corrected chi connectivity index (χ4v) is 2.31. The highest BCUT2D eigenvalue weighted by Gasteiger charge is 2.19. The fraction of sp³-hybridized carbons (Fsp3) is 0.538. The predicted molar refractivity (Wildman–Crippen MR) is 72.2 cm³/mol. The van der Waals surface area contributed by atoms with Gasteiger partial charge in [-0.15, -0.1) is 0 Å². The van der Waals surface area contributed by atoms with Crippen LogP contribution < -0.4 is 5.32 Å². The molecule has 2 atom stereocenters. The number of rotatable bonds is 4. The molecular formula is C13H18N4O2. The summed E-state index contributed by atoms with van der Waals surface area (Å²) in [7, 11) is 0. The van der Waals surface area contributed by atoms with Crippen molar-refractivity contribution in [1.82, 2.24) is 14.5 Å². The lowest BCUT2D eigenvalue weighted by molar-refractivity contribution is 0.187. The maximum atomic E-state index is 9.06. The van der Waals surface area contributed by atoms with Crippen molar-refractivity contribution in [2.45, 2.75) is 25.4 Å². The topological polar surface area (TPSA) is 72.2 Å². The van der Waals surface area contributed by atoms with E-state index in [0.29, 0.717) is 12.0 Å². The van der Waals surface area contributed by atoms with E-state index in [1.165, 1.54) is 0 Å². The second-order valence-corrected chi connectivity index (χ2v) is 4.94. The highest BCUT2D eigenvalue weighted by atomic mass is 16.5. The van der Waals surface area contributed by atoms with E-state index in [1.807, 2.05) is 19.2 Å². The number of aliphatic hydroxyl groups excluding tert-OH is 1. The molecule has 102 valence electrons. The molecule has 0 saturated carbocycles. The maximum absolute atomic E-state index is 9.06. The molecule has 0 spiro atoms. The first kappa shape index (κ1) is 12.4. The van der Waals surface area contributed by atoms with E-state index in [0.717, 1.165) is 30.7 Å². The third kappa shape index (κ3) is 2.41. The van der Waals surface area contributed by atoms with E-state index < -0.39 is 0 Å². The monoisotopic (exact) mass is 262 g/mol. The molecule has 1 fully saturated rings. The Hall–Kier alpha value is -1.66. The van der Waals surface area contributed by atoms with Gasteiger partial charge in [-0.05, 0) is 19.4 Å². The minimum Gasteiger partial charge on any atom is -0.394 e. The number of hydrogen-bond acceptors (Lipinski definition) is 5. The number of ether oxygens (including phenoxy) is 1. The molecule has 2 aromatic heterocycles. The molecule has 3 rings (SSSR count). The number of aliphatic hydroxyl groups is 1. The molecule has 0 bridgehead atoms. The predicted octanol–water partition coefficient (Wildman–Crippen LogP) is 1.19. The smallest absolute Gasteiger partial charge is 0.224 e. The van der Waals surface area contributed by atoms with Crippen LogP contribution >= 0.6 is 0 Å². The summed E-state index contributed by atoms with van der Waals surface area (Å²) in [6.45, 7) is 3.49. The van der Waals surface area contributed by atoms with Gasteiger partial charge in [-0.25, -0.2) is 4.98 Å². The molecule has 6 nitrogen and oxygen atoms in total. The van der Waals surface area contributed by atoms with Gasteiger partial charge in [0.25, 0.3) is 0 Å². The lowest BCUT2D eigenvalue weighted by Crippen LogP contribution is -2.21. The highest BCUT2D eigenvalue weighted by Crippen LogP contribution is 2.24. The van der Waals surface area contributed by atoms with Crippen LogP contribution in [0.5, 0.6) is 0 Å². The van der Waals surface area contributed by atoms with Crippen molar-refractivity contribution >= 4 is 17.0 Å². The van der Waals surface area contributed by atoms with Gasteiger partial charge in [0.05, 0.1) is 19.3 Å². The molecule has 0 aliphatic carbocycles. The Kier molecular flexibility index (Phi) is 3.35. The molecule has 3 heterocycles. The first-order valence-corrected chi connectivity index (χ1v) is 6.56. The second-order valence-electron chi connectivity index (χ2n) is 4.94. The standard InChI is InChI=1S/C13H18N4O2/c1-9(7-18)15-13-14-6-10-2-4-17(12(10)16-13)11-3-5-19-8-11/h2,4,6,9,11,18H,3,5,7-8H2,1H3,(H,14,15,16)/t9-,11+/m0/s1. The summed E-state index contributed by atoms with van der Waals surface area (Å²) in [6.07, 6.45) is 4.86. The normalized spacial score (nSPS) is 20.8. The van der Waals surface area contributed by atoms with Crippen LogP contribution in [0.15, 0.2) is 18.5 Å². The van der Waals surface area contributed by atoms with Crippen molar-refractivity contribution in [2.75, 3.05) is 25.1 Å². The van der Waals surface area contributed by atoms with Gasteiger partial charge in [-0.1, -0.05) is 0 Å². The molecule has 1 aliphatic heterocycles. The summed E-state index contributed by atoms with van der Waals surface area (Å²) in [5.41, 5.74) is 0.915. The van der Waals surface area contributed by atoms with E-state index in [2.05, 4.69) is 19.9 Å². The Morgan fingerprint density at radius 1 is 1.63 bits per heavy atom. The van der Waals surface area contributed by atoms with Gasteiger partial charge in [-0.3, -0.25) is 0 Å². The Balaban J connectivity index is 1.93. The Morgan fingerprint density at radius 2 is 2.53 bits per heavy atom. The molecular weight excluding hydrogens is 244 g/mol. The van der Waals surface area contributed by atoms with Gasteiger partial charge in [0.15, 0.2) is 0 Å². The number of hydrogen-bond donors (Lipinski definition) is 2. The Bertz CT molecular complexity index is 563. The number of nitrogens with zero attached hydrogens (tertiary/aromatic N) is 3. The largest absolute Gasteiger partial charge is 0.394 e. The van der Waals surface area contributed by atoms with Crippen molar-refractivity contribution in [2.24, 2.45) is 0 Å². The average molecular weight is 262 g/mol. The van der Waals surface area contributed by atoms with Gasteiger partial charge in [-0.2, -0.15) is 4.98 Å². The molecule has 6 heteroatoms. The molecule has 2 aromatic rings. The van der Waals surface area contributed by atoms with Gasteiger partial charge < -0.3 is 19.7 Å².